The summed E-state index contributed by atoms with van der Waals surface area (Å²) in [4.78, 5) is 0. The Morgan fingerprint density at radius 2 is 1.56 bits per heavy atom. The van der Waals surface area contributed by atoms with E-state index in [-0.39, 0.29) is 5.56 Å². The summed E-state index contributed by atoms with van der Waals surface area (Å²) in [5.74, 6) is 0.560. The first-order valence-corrected chi connectivity index (χ1v) is 13.0. The molecular formula is C13H22F2OSi2. The Morgan fingerprint density at radius 1 is 1.00 bits per heavy atom. The minimum atomic E-state index is -2.73. The van der Waals surface area contributed by atoms with Gasteiger partial charge in [0, 0.05) is 5.56 Å². The van der Waals surface area contributed by atoms with Crippen molar-refractivity contribution in [1.29, 1.82) is 0 Å². The molecule has 0 heterocycles. The van der Waals surface area contributed by atoms with Crippen LogP contribution in [0.15, 0.2) is 24.3 Å². The van der Waals surface area contributed by atoms with Crippen LogP contribution in [0.25, 0.3) is 0 Å². The van der Waals surface area contributed by atoms with Gasteiger partial charge in [0.25, 0.3) is 5.55 Å². The molecule has 1 aromatic rings. The molecule has 0 atom stereocenters. The lowest BCUT2D eigenvalue weighted by atomic mass is 10.2. The zero-order chi connectivity index (χ0) is 14.2. The van der Waals surface area contributed by atoms with Gasteiger partial charge in [-0.2, -0.15) is 0 Å². The van der Waals surface area contributed by atoms with Crippen LogP contribution in [0.3, 0.4) is 0 Å². The van der Waals surface area contributed by atoms with Crippen LogP contribution >= 0.6 is 0 Å². The molecule has 1 rings (SSSR count). The number of hydrogen-bond acceptors (Lipinski definition) is 1. The Balaban J connectivity index is 3.10. The molecule has 0 aliphatic rings. The highest BCUT2D eigenvalue weighted by Gasteiger charge is 2.46. The zero-order valence-corrected chi connectivity index (χ0v) is 14.0. The summed E-state index contributed by atoms with van der Waals surface area (Å²) < 4.78 is 34.4. The molecule has 0 aliphatic carbocycles. The molecule has 1 aromatic carbocycles. The molecule has 0 radical (unpaired) electrons. The number of rotatable bonds is 4. The maximum Gasteiger partial charge on any atom is 0.253 e. The van der Waals surface area contributed by atoms with Crippen LogP contribution in [0, 0.1) is 0 Å². The van der Waals surface area contributed by atoms with Crippen LogP contribution in [-0.2, 0) is 5.55 Å². The summed E-state index contributed by atoms with van der Waals surface area (Å²) in [5.41, 5.74) is -2.65. The van der Waals surface area contributed by atoms with Gasteiger partial charge in [-0.05, 0) is 31.8 Å². The topological polar surface area (TPSA) is 9.23 Å². The number of halogens is 2. The van der Waals surface area contributed by atoms with E-state index in [1.54, 1.807) is 31.8 Å². The molecule has 0 saturated heterocycles. The van der Waals surface area contributed by atoms with E-state index < -0.39 is 21.9 Å². The first-order valence-electron chi connectivity index (χ1n) is 6.11. The van der Waals surface area contributed by atoms with Gasteiger partial charge in [-0.3, -0.25) is 0 Å². The summed E-state index contributed by atoms with van der Waals surface area (Å²) in [7, 11) is -4.34. The standard InChI is InChI=1S/C13H22F2OSi2/c1-17(2,3)13(14,15)11-8-7-9-12(10-11)16-18(4,5)6/h7-10H,1-6H3. The van der Waals surface area contributed by atoms with Crippen LogP contribution in [-0.4, -0.2) is 16.4 Å². The Bertz CT molecular complexity index is 420. The molecule has 5 heteroatoms. The van der Waals surface area contributed by atoms with E-state index in [1.807, 2.05) is 19.6 Å². The predicted molar refractivity (Wildman–Crippen MR) is 77.7 cm³/mol. The Hall–Kier alpha value is -0.686. The average molecular weight is 288 g/mol. The Labute approximate surface area is 110 Å². The van der Waals surface area contributed by atoms with Gasteiger partial charge in [0.15, 0.2) is 0 Å². The van der Waals surface area contributed by atoms with Crippen molar-refractivity contribution in [2.75, 3.05) is 0 Å². The third-order valence-corrected chi connectivity index (χ3v) is 5.58. The zero-order valence-electron chi connectivity index (χ0n) is 12.0. The molecule has 0 spiro atoms. The van der Waals surface area contributed by atoms with E-state index in [0.29, 0.717) is 5.75 Å². The first-order chi connectivity index (χ1) is 7.93. The fourth-order valence-corrected chi connectivity index (χ4v) is 3.40. The molecule has 0 N–H and O–H groups in total. The van der Waals surface area contributed by atoms with Gasteiger partial charge in [-0.15, -0.1) is 0 Å². The van der Waals surface area contributed by atoms with Gasteiger partial charge >= 0.3 is 0 Å². The molecule has 18 heavy (non-hydrogen) atoms. The molecule has 0 amide bonds. The molecule has 0 unspecified atom stereocenters. The molecule has 102 valence electrons. The molecule has 0 fully saturated rings. The van der Waals surface area contributed by atoms with E-state index >= 15 is 0 Å². The average Bonchev–Trinajstić information content (AvgIpc) is 2.13. The second-order valence-electron chi connectivity index (χ2n) is 6.57. The van der Waals surface area contributed by atoms with E-state index in [9.17, 15) is 8.78 Å². The lowest BCUT2D eigenvalue weighted by Gasteiger charge is -2.29. The fourth-order valence-electron chi connectivity index (χ4n) is 1.54. The fraction of sp³-hybridized carbons (Fsp3) is 0.538. The highest BCUT2D eigenvalue weighted by atomic mass is 28.4. The van der Waals surface area contributed by atoms with Crippen LogP contribution in [0.1, 0.15) is 5.56 Å². The van der Waals surface area contributed by atoms with E-state index in [0.717, 1.165) is 0 Å². The van der Waals surface area contributed by atoms with Crippen LogP contribution in [0.2, 0.25) is 39.3 Å². The lowest BCUT2D eigenvalue weighted by Crippen LogP contribution is -2.42. The van der Waals surface area contributed by atoms with Crippen molar-refractivity contribution in [3.8, 4) is 5.75 Å². The molecule has 0 bridgehead atoms. The maximum atomic E-state index is 14.3. The first kappa shape index (κ1) is 15.4. The van der Waals surface area contributed by atoms with Crippen molar-refractivity contribution in [2.24, 2.45) is 0 Å². The summed E-state index contributed by atoms with van der Waals surface area (Å²) in [5, 5.41) is 0. The van der Waals surface area contributed by atoms with Gasteiger partial charge in [-0.1, -0.05) is 31.8 Å². The highest BCUT2D eigenvalue weighted by Crippen LogP contribution is 2.38. The quantitative estimate of drug-likeness (QED) is 0.718. The molecule has 0 aliphatic heterocycles. The van der Waals surface area contributed by atoms with Crippen LogP contribution in [0.4, 0.5) is 8.78 Å². The van der Waals surface area contributed by atoms with Gasteiger partial charge < -0.3 is 4.43 Å². The highest BCUT2D eigenvalue weighted by molar-refractivity contribution is 6.78. The van der Waals surface area contributed by atoms with Crippen molar-refractivity contribution in [1.82, 2.24) is 0 Å². The van der Waals surface area contributed by atoms with E-state index in [1.165, 1.54) is 12.1 Å². The van der Waals surface area contributed by atoms with Crippen molar-refractivity contribution < 1.29 is 13.2 Å². The third kappa shape index (κ3) is 3.65. The maximum absolute atomic E-state index is 14.3. The number of hydrogen-bond donors (Lipinski definition) is 0. The second kappa shape index (κ2) is 4.77. The minimum absolute atomic E-state index is 0.0809. The molecule has 0 aromatic heterocycles. The second-order valence-corrected chi connectivity index (χ2v) is 16.1. The van der Waals surface area contributed by atoms with Crippen molar-refractivity contribution in [2.45, 2.75) is 44.8 Å². The predicted octanol–water partition coefficient (Wildman–Crippen LogP) is 4.87. The largest absolute Gasteiger partial charge is 0.544 e. The smallest absolute Gasteiger partial charge is 0.253 e. The van der Waals surface area contributed by atoms with Crippen LogP contribution < -0.4 is 4.43 Å². The van der Waals surface area contributed by atoms with Crippen molar-refractivity contribution in [3.63, 3.8) is 0 Å². The summed E-state index contributed by atoms with van der Waals surface area (Å²) >= 11 is 0. The summed E-state index contributed by atoms with van der Waals surface area (Å²) in [6.07, 6.45) is 0. The molecule has 0 saturated carbocycles. The lowest BCUT2D eigenvalue weighted by molar-refractivity contribution is 0.0793. The van der Waals surface area contributed by atoms with Crippen molar-refractivity contribution in [3.05, 3.63) is 29.8 Å². The normalized spacial score (nSPS) is 13.6. The summed E-state index contributed by atoms with van der Waals surface area (Å²) in [6.45, 7) is 11.2. The Kier molecular flexibility index (Phi) is 4.08. The SMILES string of the molecule is C[Si](C)(C)Oc1cccc(C(F)(F)[Si](C)(C)C)c1. The summed E-state index contributed by atoms with van der Waals surface area (Å²) in [6, 6.07) is 6.40. The van der Waals surface area contributed by atoms with Crippen molar-refractivity contribution >= 4 is 16.4 Å². The monoisotopic (exact) mass is 288 g/mol. The third-order valence-electron chi connectivity index (χ3n) is 2.56. The number of alkyl halides is 2. The van der Waals surface area contributed by atoms with E-state index in [4.69, 9.17) is 4.43 Å². The molecule has 1 nitrogen and oxygen atoms in total. The van der Waals surface area contributed by atoms with Gasteiger partial charge in [0.05, 0.1) is 0 Å². The number of benzene rings is 1. The molecular weight excluding hydrogens is 266 g/mol. The van der Waals surface area contributed by atoms with Gasteiger partial charge in [-0.25, -0.2) is 8.78 Å². The van der Waals surface area contributed by atoms with Crippen LogP contribution in [0.5, 0.6) is 5.75 Å². The van der Waals surface area contributed by atoms with Gasteiger partial charge in [0.2, 0.25) is 8.32 Å². The minimum Gasteiger partial charge on any atom is -0.544 e. The van der Waals surface area contributed by atoms with E-state index in [2.05, 4.69) is 0 Å². The van der Waals surface area contributed by atoms with Gasteiger partial charge in [0.1, 0.15) is 13.8 Å². The Morgan fingerprint density at radius 3 is 2.00 bits per heavy atom.